The van der Waals surface area contributed by atoms with Gasteiger partial charge in [-0.25, -0.2) is 0 Å². The number of imide groups is 1. The number of hydrogen-bond acceptors (Lipinski definition) is 3. The molecule has 1 aromatic rings. The van der Waals surface area contributed by atoms with Gasteiger partial charge in [-0.05, 0) is 39.8 Å². The fourth-order valence-corrected chi connectivity index (χ4v) is 5.27. The van der Waals surface area contributed by atoms with Gasteiger partial charge >= 0.3 is 0 Å². The summed E-state index contributed by atoms with van der Waals surface area (Å²) in [5, 5.41) is 4.97. The van der Waals surface area contributed by atoms with Crippen molar-refractivity contribution in [2.24, 2.45) is 17.8 Å². The second kappa shape index (κ2) is 5.41. The van der Waals surface area contributed by atoms with E-state index < -0.39 is 22.9 Å². The SMILES string of the molecule is Cc1ccc2c(c1)[C@]1([NH2+][C@H](C(C)C)[C@H]3C(=O)N(C(C)(C)C)C(=O)[C@H]31)C(=O)N2. The second-order valence-corrected chi connectivity index (χ2v) is 9.55. The summed E-state index contributed by atoms with van der Waals surface area (Å²) < 4.78 is 0. The molecule has 3 heterocycles. The zero-order valence-electron chi connectivity index (χ0n) is 16.8. The Labute approximate surface area is 159 Å². The number of benzene rings is 1. The second-order valence-electron chi connectivity index (χ2n) is 9.55. The maximum absolute atomic E-state index is 13.5. The van der Waals surface area contributed by atoms with Crippen LogP contribution >= 0.6 is 0 Å². The van der Waals surface area contributed by atoms with Crippen LogP contribution in [0.2, 0.25) is 0 Å². The topological polar surface area (TPSA) is 83.1 Å². The molecule has 0 unspecified atom stereocenters. The van der Waals surface area contributed by atoms with Crippen molar-refractivity contribution in [3.63, 3.8) is 0 Å². The van der Waals surface area contributed by atoms with E-state index in [1.165, 1.54) is 4.90 Å². The van der Waals surface area contributed by atoms with E-state index in [2.05, 4.69) is 19.2 Å². The van der Waals surface area contributed by atoms with Crippen molar-refractivity contribution in [3.05, 3.63) is 29.3 Å². The van der Waals surface area contributed by atoms with Crippen LogP contribution in [0.15, 0.2) is 18.2 Å². The molecule has 0 aliphatic carbocycles. The van der Waals surface area contributed by atoms with E-state index in [-0.39, 0.29) is 29.7 Å². The van der Waals surface area contributed by atoms with Crippen molar-refractivity contribution in [2.75, 3.05) is 5.32 Å². The Hall–Kier alpha value is -2.21. The molecule has 4 rings (SSSR count). The number of aryl methyl sites for hydroxylation is 1. The molecule has 27 heavy (non-hydrogen) atoms. The summed E-state index contributed by atoms with van der Waals surface area (Å²) in [5.41, 5.74) is 0.952. The van der Waals surface area contributed by atoms with Crippen LogP contribution in [0.25, 0.3) is 0 Å². The molecule has 2 fully saturated rings. The lowest BCUT2D eigenvalue weighted by atomic mass is 9.75. The van der Waals surface area contributed by atoms with Crippen LogP contribution in [0.5, 0.6) is 0 Å². The highest BCUT2D eigenvalue weighted by Gasteiger charge is 2.75. The van der Waals surface area contributed by atoms with Gasteiger partial charge in [0, 0.05) is 17.0 Å². The number of rotatable bonds is 1. The number of fused-ring (bicyclic) bond motifs is 4. The first-order valence-electron chi connectivity index (χ1n) is 9.66. The summed E-state index contributed by atoms with van der Waals surface area (Å²) in [6.07, 6.45) is 0. The maximum atomic E-state index is 13.5. The molecule has 1 aromatic carbocycles. The van der Waals surface area contributed by atoms with Crippen LogP contribution < -0.4 is 10.6 Å². The molecule has 0 bridgehead atoms. The summed E-state index contributed by atoms with van der Waals surface area (Å²) in [7, 11) is 0. The molecule has 6 heteroatoms. The van der Waals surface area contributed by atoms with Crippen LogP contribution in [-0.2, 0) is 19.9 Å². The third-order valence-electron chi connectivity index (χ3n) is 6.40. The average Bonchev–Trinajstić information content (AvgIpc) is 3.13. The van der Waals surface area contributed by atoms with E-state index in [4.69, 9.17) is 0 Å². The number of nitrogens with zero attached hydrogens (tertiary/aromatic N) is 1. The normalized spacial score (nSPS) is 32.5. The Morgan fingerprint density at radius 3 is 2.41 bits per heavy atom. The smallest absolute Gasteiger partial charge is 0.291 e. The van der Waals surface area contributed by atoms with Gasteiger partial charge in [0.25, 0.3) is 5.91 Å². The highest BCUT2D eigenvalue weighted by molar-refractivity contribution is 6.14. The zero-order valence-corrected chi connectivity index (χ0v) is 16.8. The number of amides is 3. The first-order chi connectivity index (χ1) is 12.5. The standard InChI is InChI=1S/C21H27N3O3/c1-10(2)16-14-15(18(26)24(17(14)25)20(4,5)6)21(23-16)12-9-11(3)7-8-13(12)22-19(21)27/h7-10,14-16,23H,1-6H3,(H,22,27)/p+1/t14-,15-,16+,21+/m0/s1. The van der Waals surface area contributed by atoms with E-state index in [1.807, 2.05) is 51.2 Å². The minimum Gasteiger partial charge on any atom is -0.326 e. The average molecular weight is 370 g/mol. The molecule has 144 valence electrons. The minimum absolute atomic E-state index is 0.115. The van der Waals surface area contributed by atoms with E-state index in [0.29, 0.717) is 0 Å². The largest absolute Gasteiger partial charge is 0.326 e. The van der Waals surface area contributed by atoms with Crippen LogP contribution in [0.4, 0.5) is 5.69 Å². The summed E-state index contributed by atoms with van der Waals surface area (Å²) in [6, 6.07) is 5.72. The fourth-order valence-electron chi connectivity index (χ4n) is 5.27. The predicted octanol–water partition coefficient (Wildman–Crippen LogP) is 1.14. The van der Waals surface area contributed by atoms with Gasteiger partial charge in [-0.3, -0.25) is 19.3 Å². The van der Waals surface area contributed by atoms with Crippen LogP contribution in [0.3, 0.4) is 0 Å². The fraction of sp³-hybridized carbons (Fsp3) is 0.571. The molecule has 3 aliphatic rings. The number of quaternary nitrogens is 1. The van der Waals surface area contributed by atoms with E-state index in [1.54, 1.807) is 0 Å². The van der Waals surface area contributed by atoms with Gasteiger partial charge in [0.2, 0.25) is 17.4 Å². The molecule has 0 aromatic heterocycles. The third-order valence-corrected chi connectivity index (χ3v) is 6.40. The van der Waals surface area contributed by atoms with E-state index >= 15 is 0 Å². The Bertz CT molecular complexity index is 870. The molecular weight excluding hydrogens is 342 g/mol. The van der Waals surface area contributed by atoms with Gasteiger partial charge in [0.15, 0.2) is 0 Å². The Morgan fingerprint density at radius 2 is 1.81 bits per heavy atom. The summed E-state index contributed by atoms with van der Waals surface area (Å²) in [5.74, 6) is -1.53. The Kier molecular flexibility index (Phi) is 3.64. The molecule has 6 nitrogen and oxygen atoms in total. The lowest BCUT2D eigenvalue weighted by molar-refractivity contribution is -0.738. The number of nitrogens with one attached hydrogen (secondary N) is 1. The number of hydrogen-bond donors (Lipinski definition) is 2. The molecule has 2 saturated heterocycles. The monoisotopic (exact) mass is 370 g/mol. The molecule has 3 aliphatic heterocycles. The van der Waals surface area contributed by atoms with Crippen molar-refractivity contribution in [1.82, 2.24) is 4.90 Å². The maximum Gasteiger partial charge on any atom is 0.291 e. The van der Waals surface area contributed by atoms with Crippen LogP contribution in [0, 0.1) is 24.7 Å². The Balaban J connectivity index is 1.95. The summed E-state index contributed by atoms with van der Waals surface area (Å²) in [4.78, 5) is 41.5. The number of carbonyl (C=O) groups is 3. The first-order valence-corrected chi connectivity index (χ1v) is 9.66. The third kappa shape index (κ3) is 2.19. The van der Waals surface area contributed by atoms with Gasteiger partial charge < -0.3 is 10.6 Å². The quantitative estimate of drug-likeness (QED) is 0.728. The number of anilines is 1. The number of carbonyl (C=O) groups excluding carboxylic acids is 3. The Morgan fingerprint density at radius 1 is 1.15 bits per heavy atom. The van der Waals surface area contributed by atoms with Crippen molar-refractivity contribution in [1.29, 1.82) is 0 Å². The molecule has 0 radical (unpaired) electrons. The molecule has 0 saturated carbocycles. The van der Waals surface area contributed by atoms with Gasteiger partial charge in [-0.2, -0.15) is 0 Å². The lowest BCUT2D eigenvalue weighted by Crippen LogP contribution is -2.99. The summed E-state index contributed by atoms with van der Waals surface area (Å²) in [6.45, 7) is 11.7. The highest BCUT2D eigenvalue weighted by atomic mass is 16.2. The van der Waals surface area contributed by atoms with Gasteiger partial charge in [-0.1, -0.05) is 25.5 Å². The van der Waals surface area contributed by atoms with Gasteiger partial charge in [0.05, 0.1) is 5.69 Å². The summed E-state index contributed by atoms with van der Waals surface area (Å²) >= 11 is 0. The van der Waals surface area contributed by atoms with E-state index in [0.717, 1.165) is 16.8 Å². The predicted molar refractivity (Wildman–Crippen MR) is 101 cm³/mol. The van der Waals surface area contributed by atoms with Crippen molar-refractivity contribution >= 4 is 23.4 Å². The van der Waals surface area contributed by atoms with Crippen LogP contribution in [-0.4, -0.2) is 34.2 Å². The minimum atomic E-state index is -1.06. The first kappa shape index (κ1) is 18.2. The number of likely N-dealkylation sites (tertiary alicyclic amines) is 1. The zero-order chi connectivity index (χ0) is 19.9. The van der Waals surface area contributed by atoms with Crippen molar-refractivity contribution < 1.29 is 19.7 Å². The molecular formula is C21H28N3O3+. The highest BCUT2D eigenvalue weighted by Crippen LogP contribution is 2.51. The molecule has 3 N–H and O–H groups in total. The van der Waals surface area contributed by atoms with E-state index in [9.17, 15) is 14.4 Å². The molecule has 1 spiro atoms. The van der Waals surface area contributed by atoms with Gasteiger partial charge in [0.1, 0.15) is 17.9 Å². The van der Waals surface area contributed by atoms with Gasteiger partial charge in [-0.15, -0.1) is 0 Å². The lowest BCUT2D eigenvalue weighted by Gasteiger charge is -2.33. The van der Waals surface area contributed by atoms with Crippen molar-refractivity contribution in [3.8, 4) is 0 Å². The molecule has 4 atom stereocenters. The van der Waals surface area contributed by atoms with Crippen molar-refractivity contribution in [2.45, 2.75) is 58.7 Å². The van der Waals surface area contributed by atoms with Crippen LogP contribution in [0.1, 0.15) is 45.7 Å². The number of nitrogens with two attached hydrogens (primary N) is 1. The molecule has 3 amide bonds.